The molecule has 0 saturated carbocycles. The van der Waals surface area contributed by atoms with Gasteiger partial charge in [0.1, 0.15) is 0 Å². The Morgan fingerprint density at radius 2 is 2.00 bits per heavy atom. The number of aliphatic hydroxyl groups excluding tert-OH is 1. The maximum absolute atomic E-state index is 8.32. The molecular weight excluding hydrogens is 186 g/mol. The highest BCUT2D eigenvalue weighted by atomic mass is 16.3. The Balaban J connectivity index is 0. The van der Waals surface area contributed by atoms with Gasteiger partial charge in [0.15, 0.2) is 0 Å². The second kappa shape index (κ2) is 12.6. The lowest BCUT2D eigenvalue weighted by atomic mass is 10.2. The van der Waals surface area contributed by atoms with E-state index >= 15 is 0 Å². The highest BCUT2D eigenvalue weighted by Gasteiger charge is 1.81. The van der Waals surface area contributed by atoms with E-state index in [9.17, 15) is 0 Å². The minimum absolute atomic E-state index is 0.0139. The van der Waals surface area contributed by atoms with Gasteiger partial charge in [0, 0.05) is 7.05 Å². The van der Waals surface area contributed by atoms with Crippen molar-refractivity contribution >= 4 is 5.71 Å². The molecule has 2 nitrogen and oxygen atoms in total. The summed E-state index contributed by atoms with van der Waals surface area (Å²) in [5.41, 5.74) is 1.81. The zero-order valence-electron chi connectivity index (χ0n) is 9.74. The number of aliphatic imine (C=N–C) groups is 1. The van der Waals surface area contributed by atoms with E-state index in [0.29, 0.717) is 5.71 Å². The van der Waals surface area contributed by atoms with Crippen LogP contribution >= 0.6 is 0 Å². The van der Waals surface area contributed by atoms with E-state index in [-0.39, 0.29) is 6.61 Å². The minimum Gasteiger partial charge on any atom is -0.390 e. The zero-order valence-corrected chi connectivity index (χ0v) is 9.74. The SMILES string of the molecule is C=C/C=C\CC(=C)C.C=CC(CO)=NC. The molecule has 0 bridgehead atoms. The van der Waals surface area contributed by atoms with Gasteiger partial charge in [-0.2, -0.15) is 0 Å². The van der Waals surface area contributed by atoms with Crippen molar-refractivity contribution in [3.8, 4) is 0 Å². The van der Waals surface area contributed by atoms with Gasteiger partial charge in [-0.05, 0) is 19.4 Å². The molecule has 0 aromatic heterocycles. The standard InChI is InChI=1S/C8H12.C5H9NO/c1-4-5-6-7-8(2)3;1-3-5(4-7)6-2/h4-6H,1-2,7H2,3H3;3,7H,1,4H2,2H3/b6-5-;. The molecule has 84 valence electrons. The van der Waals surface area contributed by atoms with Crippen molar-refractivity contribution in [2.24, 2.45) is 4.99 Å². The van der Waals surface area contributed by atoms with Crippen molar-refractivity contribution in [3.05, 3.63) is 49.6 Å². The molecule has 0 aliphatic rings. The topological polar surface area (TPSA) is 32.6 Å². The Morgan fingerprint density at radius 3 is 2.20 bits per heavy atom. The van der Waals surface area contributed by atoms with Crippen LogP contribution in [0.3, 0.4) is 0 Å². The van der Waals surface area contributed by atoms with Crippen molar-refractivity contribution in [2.45, 2.75) is 13.3 Å². The average molecular weight is 207 g/mol. The number of hydrogen-bond acceptors (Lipinski definition) is 2. The summed E-state index contributed by atoms with van der Waals surface area (Å²) in [5.74, 6) is 0. The van der Waals surface area contributed by atoms with Crippen LogP contribution in [0.5, 0.6) is 0 Å². The van der Waals surface area contributed by atoms with Gasteiger partial charge >= 0.3 is 0 Å². The van der Waals surface area contributed by atoms with Crippen LogP contribution in [0.2, 0.25) is 0 Å². The highest BCUT2D eigenvalue weighted by Crippen LogP contribution is 1.95. The number of rotatable bonds is 5. The van der Waals surface area contributed by atoms with Crippen molar-refractivity contribution in [2.75, 3.05) is 13.7 Å². The summed E-state index contributed by atoms with van der Waals surface area (Å²) in [6, 6.07) is 0. The van der Waals surface area contributed by atoms with Crippen LogP contribution in [0.1, 0.15) is 13.3 Å². The summed E-state index contributed by atoms with van der Waals surface area (Å²) < 4.78 is 0. The first kappa shape index (κ1) is 16.0. The van der Waals surface area contributed by atoms with Crippen molar-refractivity contribution in [1.29, 1.82) is 0 Å². The molecule has 0 aromatic carbocycles. The zero-order chi connectivity index (χ0) is 12.1. The van der Waals surface area contributed by atoms with Gasteiger partial charge < -0.3 is 5.11 Å². The number of hydrogen-bond donors (Lipinski definition) is 1. The molecule has 0 amide bonds. The molecule has 0 rings (SSSR count). The third kappa shape index (κ3) is 15.4. The normalized spacial score (nSPS) is 10.5. The van der Waals surface area contributed by atoms with Gasteiger partial charge in [-0.3, -0.25) is 4.99 Å². The Hall–Kier alpha value is -1.41. The van der Waals surface area contributed by atoms with Crippen molar-refractivity contribution in [1.82, 2.24) is 0 Å². The Labute approximate surface area is 93.1 Å². The minimum atomic E-state index is -0.0139. The molecule has 0 aliphatic heterocycles. The molecule has 0 spiro atoms. The monoisotopic (exact) mass is 207 g/mol. The summed E-state index contributed by atoms with van der Waals surface area (Å²) in [7, 11) is 1.62. The van der Waals surface area contributed by atoms with Gasteiger partial charge in [0.2, 0.25) is 0 Å². The molecule has 0 saturated heterocycles. The summed E-state index contributed by atoms with van der Waals surface area (Å²) >= 11 is 0. The smallest absolute Gasteiger partial charge is 0.0848 e. The Kier molecular flexibility index (Phi) is 13.5. The van der Waals surface area contributed by atoms with Crippen LogP contribution in [0.25, 0.3) is 0 Å². The quantitative estimate of drug-likeness (QED) is 0.419. The molecule has 15 heavy (non-hydrogen) atoms. The number of nitrogens with zero attached hydrogens (tertiary/aromatic N) is 1. The molecule has 0 unspecified atom stereocenters. The summed E-state index contributed by atoms with van der Waals surface area (Å²) in [4.78, 5) is 3.67. The second-order valence-corrected chi connectivity index (χ2v) is 2.90. The van der Waals surface area contributed by atoms with Gasteiger partial charge in [-0.25, -0.2) is 0 Å². The van der Waals surface area contributed by atoms with Gasteiger partial charge in [-0.15, -0.1) is 0 Å². The van der Waals surface area contributed by atoms with Crippen LogP contribution in [0.4, 0.5) is 0 Å². The van der Waals surface area contributed by atoms with E-state index in [4.69, 9.17) is 5.11 Å². The predicted molar refractivity (Wildman–Crippen MR) is 69.4 cm³/mol. The lowest BCUT2D eigenvalue weighted by Crippen LogP contribution is -1.97. The van der Waals surface area contributed by atoms with Crippen LogP contribution in [0.15, 0.2) is 54.6 Å². The third-order valence-corrected chi connectivity index (χ3v) is 1.42. The fraction of sp³-hybridized carbons (Fsp3) is 0.308. The molecule has 0 radical (unpaired) electrons. The average Bonchev–Trinajstić information content (AvgIpc) is 2.21. The van der Waals surface area contributed by atoms with Crippen LogP contribution in [0, 0.1) is 0 Å². The summed E-state index contributed by atoms with van der Waals surface area (Å²) in [6.07, 6.45) is 8.22. The largest absolute Gasteiger partial charge is 0.390 e. The highest BCUT2D eigenvalue weighted by molar-refractivity contribution is 5.95. The lowest BCUT2D eigenvalue weighted by molar-refractivity contribution is 0.358. The molecule has 2 heteroatoms. The van der Waals surface area contributed by atoms with Gasteiger partial charge in [-0.1, -0.05) is 43.5 Å². The van der Waals surface area contributed by atoms with E-state index in [0.717, 1.165) is 6.42 Å². The van der Waals surface area contributed by atoms with Crippen LogP contribution < -0.4 is 0 Å². The third-order valence-electron chi connectivity index (χ3n) is 1.42. The first-order chi connectivity index (χ1) is 7.12. The van der Waals surface area contributed by atoms with E-state index in [1.165, 1.54) is 11.6 Å². The van der Waals surface area contributed by atoms with Crippen LogP contribution in [-0.4, -0.2) is 24.5 Å². The second-order valence-electron chi connectivity index (χ2n) is 2.90. The Morgan fingerprint density at radius 1 is 1.40 bits per heavy atom. The molecule has 0 aromatic rings. The van der Waals surface area contributed by atoms with Gasteiger partial charge in [0.25, 0.3) is 0 Å². The molecule has 0 fully saturated rings. The fourth-order valence-corrected chi connectivity index (χ4v) is 0.592. The van der Waals surface area contributed by atoms with Gasteiger partial charge in [0.05, 0.1) is 12.3 Å². The summed E-state index contributed by atoms with van der Waals surface area (Å²) in [5, 5.41) is 8.32. The predicted octanol–water partition coefficient (Wildman–Crippen LogP) is 2.93. The van der Waals surface area contributed by atoms with Crippen molar-refractivity contribution < 1.29 is 5.11 Å². The maximum Gasteiger partial charge on any atom is 0.0848 e. The van der Waals surface area contributed by atoms with E-state index in [2.05, 4.69) is 24.7 Å². The first-order valence-corrected chi connectivity index (χ1v) is 4.73. The van der Waals surface area contributed by atoms with E-state index < -0.39 is 0 Å². The molecule has 0 atom stereocenters. The first-order valence-electron chi connectivity index (χ1n) is 4.73. The molecule has 0 heterocycles. The maximum atomic E-state index is 8.32. The number of allylic oxidation sites excluding steroid dienone is 4. The van der Waals surface area contributed by atoms with E-state index in [1.54, 1.807) is 13.1 Å². The summed E-state index contributed by atoms with van der Waals surface area (Å²) in [6.45, 7) is 12.7. The number of aliphatic hydroxyl groups is 1. The van der Waals surface area contributed by atoms with Crippen molar-refractivity contribution in [3.63, 3.8) is 0 Å². The molecular formula is C13H21NO. The lowest BCUT2D eigenvalue weighted by Gasteiger charge is -1.86. The van der Waals surface area contributed by atoms with Crippen LogP contribution in [-0.2, 0) is 0 Å². The fourth-order valence-electron chi connectivity index (χ4n) is 0.592. The van der Waals surface area contributed by atoms with E-state index in [1.807, 2.05) is 19.1 Å². The molecule has 0 aliphatic carbocycles. The Bertz CT molecular complexity index is 249. The molecule has 1 N–H and O–H groups in total.